The Morgan fingerprint density at radius 3 is 2.47 bits per heavy atom. The van der Waals surface area contributed by atoms with Crippen molar-refractivity contribution >= 4 is 27.3 Å². The monoisotopic (exact) mass is 498 g/mol. The van der Waals surface area contributed by atoms with Gasteiger partial charge in [0.15, 0.2) is 0 Å². The number of nitrogens with zero attached hydrogens (tertiary/aromatic N) is 3. The number of benzene rings is 1. The lowest BCUT2D eigenvalue weighted by molar-refractivity contribution is -0.121. The molecule has 1 N–H and O–H groups in total. The second kappa shape index (κ2) is 11.7. The molecule has 34 heavy (non-hydrogen) atoms. The highest BCUT2D eigenvalue weighted by molar-refractivity contribution is 7.89. The van der Waals surface area contributed by atoms with Crippen LogP contribution in [-0.2, 0) is 27.7 Å². The molecule has 0 atom stereocenters. The standard InChI is InChI=1S/C25H30N4O3S2/c30-24(27-14-4-5-25-28-23(19-33-25)21-12-15-26-16-13-21)11-8-20-6-9-22(10-7-20)34(31,32)29-17-2-1-3-18-29/h6-7,9-10,12-13,15-16,19H,1-5,8,11,14,17-18H2,(H,27,30). The topological polar surface area (TPSA) is 92.3 Å². The third-order valence-electron chi connectivity index (χ3n) is 5.93. The number of aromatic nitrogens is 2. The van der Waals surface area contributed by atoms with Crippen LogP contribution in [0.5, 0.6) is 0 Å². The number of carbonyl (C=O) groups excluding carboxylic acids is 1. The molecule has 0 saturated carbocycles. The summed E-state index contributed by atoms with van der Waals surface area (Å²) in [4.78, 5) is 21.2. The number of aryl methyl sites for hydroxylation is 2. The molecule has 9 heteroatoms. The third-order valence-corrected chi connectivity index (χ3v) is 8.76. The Hall–Kier alpha value is -2.62. The van der Waals surface area contributed by atoms with Crippen LogP contribution in [0.4, 0.5) is 0 Å². The molecular formula is C25H30N4O3S2. The Morgan fingerprint density at radius 1 is 1.00 bits per heavy atom. The van der Waals surface area contributed by atoms with E-state index in [1.807, 2.05) is 29.6 Å². The number of hydrogen-bond donors (Lipinski definition) is 1. The molecule has 0 unspecified atom stereocenters. The normalized spacial score (nSPS) is 14.7. The molecule has 3 aromatic rings. The first-order chi connectivity index (χ1) is 16.5. The minimum atomic E-state index is -3.42. The maximum absolute atomic E-state index is 12.7. The molecular weight excluding hydrogens is 468 g/mol. The highest BCUT2D eigenvalue weighted by Crippen LogP contribution is 2.22. The van der Waals surface area contributed by atoms with E-state index in [-0.39, 0.29) is 5.91 Å². The SMILES string of the molecule is O=C(CCc1ccc(S(=O)(=O)N2CCCCC2)cc1)NCCCc1nc(-c2ccncc2)cs1. The molecule has 4 rings (SSSR count). The molecule has 1 fully saturated rings. The van der Waals surface area contributed by atoms with E-state index in [4.69, 9.17) is 0 Å². The van der Waals surface area contributed by atoms with Gasteiger partial charge in [-0.1, -0.05) is 18.6 Å². The van der Waals surface area contributed by atoms with Gasteiger partial charge in [-0.15, -0.1) is 11.3 Å². The number of nitrogens with one attached hydrogen (secondary N) is 1. The lowest BCUT2D eigenvalue weighted by Gasteiger charge is -2.25. The van der Waals surface area contributed by atoms with Crippen LogP contribution in [0.25, 0.3) is 11.3 Å². The maximum Gasteiger partial charge on any atom is 0.243 e. The molecule has 1 aliphatic heterocycles. The second-order valence-electron chi connectivity index (χ2n) is 8.42. The molecule has 1 aliphatic rings. The van der Waals surface area contributed by atoms with E-state index in [1.54, 1.807) is 40.2 Å². The van der Waals surface area contributed by atoms with Crippen LogP contribution in [0.1, 0.15) is 42.7 Å². The first kappa shape index (κ1) is 24.5. The van der Waals surface area contributed by atoms with Crippen LogP contribution >= 0.6 is 11.3 Å². The number of thiazole rings is 1. The quantitative estimate of drug-likeness (QED) is 0.426. The summed E-state index contributed by atoms with van der Waals surface area (Å²) in [6, 6.07) is 10.8. The van der Waals surface area contributed by atoms with Crippen molar-refractivity contribution in [2.45, 2.75) is 49.8 Å². The van der Waals surface area contributed by atoms with Crippen molar-refractivity contribution in [2.75, 3.05) is 19.6 Å². The Kier molecular flexibility index (Phi) is 8.42. The smallest absolute Gasteiger partial charge is 0.243 e. The van der Waals surface area contributed by atoms with Crippen molar-refractivity contribution in [3.05, 3.63) is 64.7 Å². The summed E-state index contributed by atoms with van der Waals surface area (Å²) < 4.78 is 27.1. The van der Waals surface area contributed by atoms with Crippen molar-refractivity contribution in [3.8, 4) is 11.3 Å². The van der Waals surface area contributed by atoms with Gasteiger partial charge in [-0.05, 0) is 55.5 Å². The average molecular weight is 499 g/mol. The zero-order valence-corrected chi connectivity index (χ0v) is 20.8. The fourth-order valence-electron chi connectivity index (χ4n) is 3.98. The largest absolute Gasteiger partial charge is 0.356 e. The number of pyridine rings is 1. The predicted octanol–water partition coefficient (Wildman–Crippen LogP) is 4.06. The lowest BCUT2D eigenvalue weighted by Crippen LogP contribution is -2.35. The summed E-state index contributed by atoms with van der Waals surface area (Å²) in [5, 5.41) is 6.07. The third kappa shape index (κ3) is 6.49. The van der Waals surface area contributed by atoms with Gasteiger partial charge in [-0.25, -0.2) is 13.4 Å². The van der Waals surface area contributed by atoms with Gasteiger partial charge in [0.2, 0.25) is 15.9 Å². The summed E-state index contributed by atoms with van der Waals surface area (Å²) in [6.45, 7) is 1.80. The van der Waals surface area contributed by atoms with Crippen molar-refractivity contribution in [1.82, 2.24) is 19.6 Å². The molecule has 1 saturated heterocycles. The van der Waals surface area contributed by atoms with E-state index in [9.17, 15) is 13.2 Å². The Bertz CT molecular complexity index is 1170. The number of rotatable bonds is 10. The van der Waals surface area contributed by atoms with Gasteiger partial charge in [0, 0.05) is 55.8 Å². The summed E-state index contributed by atoms with van der Waals surface area (Å²) in [7, 11) is -3.42. The molecule has 180 valence electrons. The van der Waals surface area contributed by atoms with E-state index in [1.165, 1.54) is 0 Å². The minimum Gasteiger partial charge on any atom is -0.356 e. The van der Waals surface area contributed by atoms with Crippen molar-refractivity contribution < 1.29 is 13.2 Å². The number of sulfonamides is 1. The molecule has 1 aromatic carbocycles. The molecule has 0 bridgehead atoms. The maximum atomic E-state index is 12.7. The molecule has 7 nitrogen and oxygen atoms in total. The van der Waals surface area contributed by atoms with Crippen LogP contribution in [0.15, 0.2) is 59.1 Å². The molecule has 0 radical (unpaired) electrons. The highest BCUT2D eigenvalue weighted by atomic mass is 32.2. The van der Waals surface area contributed by atoms with Gasteiger partial charge in [-0.3, -0.25) is 9.78 Å². The van der Waals surface area contributed by atoms with Gasteiger partial charge in [0.25, 0.3) is 0 Å². The highest BCUT2D eigenvalue weighted by Gasteiger charge is 2.25. The first-order valence-electron chi connectivity index (χ1n) is 11.7. The first-order valence-corrected chi connectivity index (χ1v) is 14.0. The van der Waals surface area contributed by atoms with Crippen molar-refractivity contribution in [1.29, 1.82) is 0 Å². The van der Waals surface area contributed by atoms with Gasteiger partial charge < -0.3 is 5.32 Å². The number of amides is 1. The van der Waals surface area contributed by atoms with E-state index in [0.717, 1.165) is 53.9 Å². The fourth-order valence-corrected chi connectivity index (χ4v) is 6.34. The summed E-state index contributed by atoms with van der Waals surface area (Å²) in [6.07, 6.45) is 9.06. The van der Waals surface area contributed by atoms with Crippen molar-refractivity contribution in [3.63, 3.8) is 0 Å². The Morgan fingerprint density at radius 2 is 1.74 bits per heavy atom. The van der Waals surface area contributed by atoms with Crippen LogP contribution in [0.2, 0.25) is 0 Å². The number of piperidine rings is 1. The summed E-state index contributed by atoms with van der Waals surface area (Å²) >= 11 is 1.63. The minimum absolute atomic E-state index is 0.00151. The fraction of sp³-hybridized carbons (Fsp3) is 0.400. The van der Waals surface area contributed by atoms with Gasteiger partial charge in [-0.2, -0.15) is 4.31 Å². The summed E-state index contributed by atoms with van der Waals surface area (Å²) in [5.41, 5.74) is 2.98. The number of carbonyl (C=O) groups is 1. The zero-order chi connectivity index (χ0) is 23.8. The van der Waals surface area contributed by atoms with Crippen LogP contribution in [0.3, 0.4) is 0 Å². The second-order valence-corrected chi connectivity index (χ2v) is 11.3. The van der Waals surface area contributed by atoms with E-state index in [2.05, 4.69) is 15.3 Å². The lowest BCUT2D eigenvalue weighted by atomic mass is 10.1. The van der Waals surface area contributed by atoms with Crippen molar-refractivity contribution in [2.24, 2.45) is 0 Å². The van der Waals surface area contributed by atoms with Gasteiger partial charge in [0.05, 0.1) is 15.6 Å². The van der Waals surface area contributed by atoms with Crippen LogP contribution < -0.4 is 5.32 Å². The number of hydrogen-bond acceptors (Lipinski definition) is 6. The van der Waals surface area contributed by atoms with Crippen LogP contribution in [0, 0.1) is 0 Å². The Labute approximate surface area is 205 Å². The van der Waals surface area contributed by atoms with E-state index >= 15 is 0 Å². The molecule has 2 aromatic heterocycles. The molecule has 0 spiro atoms. The predicted molar refractivity (Wildman–Crippen MR) is 134 cm³/mol. The zero-order valence-electron chi connectivity index (χ0n) is 19.2. The molecule has 0 aliphatic carbocycles. The van der Waals surface area contributed by atoms with E-state index < -0.39 is 10.0 Å². The van der Waals surface area contributed by atoms with E-state index in [0.29, 0.717) is 37.4 Å². The Balaban J connectivity index is 1.17. The molecule has 3 heterocycles. The summed E-state index contributed by atoms with van der Waals surface area (Å²) in [5.74, 6) is 0.00151. The molecule has 1 amide bonds. The average Bonchev–Trinajstić information content (AvgIpc) is 3.36. The van der Waals surface area contributed by atoms with Gasteiger partial charge in [0.1, 0.15) is 0 Å². The van der Waals surface area contributed by atoms with Gasteiger partial charge >= 0.3 is 0 Å². The van der Waals surface area contributed by atoms with Crippen LogP contribution in [-0.4, -0.2) is 48.2 Å².